The molecule has 0 spiro atoms. The Morgan fingerprint density at radius 2 is 1.97 bits per heavy atom. The molecule has 1 aromatic carbocycles. The molecular weight excluding hydrogens is 458 g/mol. The fourth-order valence-corrected chi connectivity index (χ4v) is 4.13. The number of rotatable bonds is 8. The minimum atomic E-state index is -2.86. The van der Waals surface area contributed by atoms with Crippen molar-refractivity contribution in [1.29, 1.82) is 0 Å². The minimum absolute atomic E-state index is 0. The number of hydrogen-bond acceptors (Lipinski definition) is 5. The molecule has 1 unspecified atom stereocenters. The van der Waals surface area contributed by atoms with E-state index in [1.54, 1.807) is 30.3 Å². The van der Waals surface area contributed by atoms with E-state index in [0.717, 1.165) is 13.0 Å². The third kappa shape index (κ3) is 5.32. The van der Waals surface area contributed by atoms with Crippen molar-refractivity contribution in [2.75, 3.05) is 20.2 Å². The van der Waals surface area contributed by atoms with Crippen molar-refractivity contribution in [2.45, 2.75) is 56.7 Å². The Kier molecular flexibility index (Phi) is 8.27. The smallest absolute Gasteiger partial charge is 0.343 e. The largest absolute Gasteiger partial charge is 1.00 e. The molecule has 1 aromatic rings. The second kappa shape index (κ2) is 10.1. The number of ether oxygens (including phenoxy) is 1. The van der Waals surface area contributed by atoms with E-state index >= 15 is 0 Å². The summed E-state index contributed by atoms with van der Waals surface area (Å²) in [7, 11) is 2.01. The number of aliphatic hydroxyl groups is 1. The molecule has 0 aromatic heterocycles. The first-order chi connectivity index (χ1) is 13.7. The molecule has 0 saturated heterocycles. The van der Waals surface area contributed by atoms with E-state index in [1.165, 1.54) is 0 Å². The second-order valence-electron chi connectivity index (χ2n) is 8.10. The molecule has 1 aliphatic carbocycles. The lowest BCUT2D eigenvalue weighted by atomic mass is 9.80. The zero-order valence-electron chi connectivity index (χ0n) is 17.4. The average molecular weight is 488 g/mol. The lowest BCUT2D eigenvalue weighted by Gasteiger charge is -2.32. The van der Waals surface area contributed by atoms with Crippen molar-refractivity contribution >= 4 is 5.97 Å². The maximum Gasteiger partial charge on any atom is 0.343 e. The zero-order chi connectivity index (χ0) is 21.1. The number of nitrogens with zero attached hydrogens (tertiary/aromatic N) is 2. The van der Waals surface area contributed by atoms with Crippen molar-refractivity contribution < 1.29 is 40.4 Å². The number of alkyl halides is 2. The van der Waals surface area contributed by atoms with E-state index in [2.05, 4.69) is 16.7 Å². The average Bonchev–Trinajstić information content (AvgIpc) is 3.23. The van der Waals surface area contributed by atoms with Gasteiger partial charge in [0.2, 0.25) is 5.92 Å². The quantitative estimate of drug-likeness (QED) is 0.432. The summed E-state index contributed by atoms with van der Waals surface area (Å²) in [5, 5.41) is 11.2. The summed E-state index contributed by atoms with van der Waals surface area (Å²) < 4.78 is 32.9. The van der Waals surface area contributed by atoms with E-state index in [0.29, 0.717) is 18.2 Å². The van der Waals surface area contributed by atoms with Gasteiger partial charge in [-0.05, 0) is 31.7 Å². The van der Waals surface area contributed by atoms with Crippen molar-refractivity contribution in [3.05, 3.63) is 48.3 Å². The van der Waals surface area contributed by atoms with Crippen LogP contribution in [-0.2, 0) is 15.1 Å². The van der Waals surface area contributed by atoms with Crippen LogP contribution in [0.2, 0.25) is 0 Å². The number of benzene rings is 1. The van der Waals surface area contributed by atoms with Gasteiger partial charge in [0.1, 0.15) is 0 Å². The highest BCUT2D eigenvalue weighted by molar-refractivity contribution is 5.81. The maximum atomic E-state index is 13.8. The van der Waals surface area contributed by atoms with Gasteiger partial charge in [-0.1, -0.05) is 30.3 Å². The van der Waals surface area contributed by atoms with Gasteiger partial charge in [0.25, 0.3) is 0 Å². The molecule has 1 heterocycles. The minimum Gasteiger partial charge on any atom is -1.00 e. The summed E-state index contributed by atoms with van der Waals surface area (Å²) in [4.78, 5) is 17.1. The van der Waals surface area contributed by atoms with Crippen LogP contribution in [0.4, 0.5) is 8.78 Å². The van der Waals surface area contributed by atoms with Crippen LogP contribution < -0.4 is 17.0 Å². The number of unbranched alkanes of at least 4 members (excludes halogenated alkanes) is 1. The number of hydrogen-bond donors (Lipinski definition) is 1. The topological polar surface area (TPSA) is 53.0 Å². The first-order valence-electron chi connectivity index (χ1n) is 10.2. The Labute approximate surface area is 187 Å². The monoisotopic (exact) mass is 487 g/mol. The molecule has 30 heavy (non-hydrogen) atoms. The normalized spacial score (nSPS) is 24.4. The number of halogens is 3. The predicted molar refractivity (Wildman–Crippen MR) is 106 cm³/mol. The third-order valence-corrected chi connectivity index (χ3v) is 6.13. The molecule has 1 fully saturated rings. The first-order valence-corrected chi connectivity index (χ1v) is 10.2. The summed E-state index contributed by atoms with van der Waals surface area (Å²) in [6.45, 7) is 3.09. The Morgan fingerprint density at radius 1 is 1.27 bits per heavy atom. The molecule has 1 aliphatic heterocycles. The molecule has 0 radical (unpaired) electrons. The van der Waals surface area contributed by atoms with Gasteiger partial charge >= 0.3 is 5.97 Å². The Hall–Kier alpha value is -1.67. The summed E-state index contributed by atoms with van der Waals surface area (Å²) >= 11 is 0. The Bertz CT molecular complexity index is 734. The maximum absolute atomic E-state index is 13.8. The molecule has 168 valence electrons. The highest BCUT2D eigenvalue weighted by Gasteiger charge is 2.54. The van der Waals surface area contributed by atoms with E-state index in [9.17, 15) is 18.7 Å². The van der Waals surface area contributed by atoms with Crippen molar-refractivity contribution in [3.8, 4) is 0 Å². The molecule has 3 atom stereocenters. The number of esters is 1. The molecule has 1 N–H and O–H groups in total. The molecule has 5 nitrogen and oxygen atoms in total. The van der Waals surface area contributed by atoms with Crippen LogP contribution in [-0.4, -0.2) is 53.2 Å². The molecule has 2 aliphatic rings. The second-order valence-corrected chi connectivity index (χ2v) is 8.10. The van der Waals surface area contributed by atoms with Gasteiger partial charge in [-0.3, -0.25) is 0 Å². The van der Waals surface area contributed by atoms with Gasteiger partial charge in [0.15, 0.2) is 5.60 Å². The van der Waals surface area contributed by atoms with Gasteiger partial charge in [0, 0.05) is 44.8 Å². The SMILES string of the molecule is CC1N(C)C=CN1CCCCOC(=O)[C@](O)(c1ccccc1)[C@@H]1CCC(F)(F)C1.[Br-]. The van der Waals surface area contributed by atoms with Gasteiger partial charge in [-0.2, -0.15) is 0 Å². The Balaban J connectivity index is 0.00000320. The number of carbonyl (C=O) groups is 1. The first kappa shape index (κ1) is 24.6. The molecule has 1 saturated carbocycles. The molecular formula is C22H30BrF2N2O3-. The van der Waals surface area contributed by atoms with Gasteiger partial charge < -0.3 is 36.6 Å². The van der Waals surface area contributed by atoms with Crippen molar-refractivity contribution in [3.63, 3.8) is 0 Å². The summed E-state index contributed by atoms with van der Waals surface area (Å²) in [5.41, 5.74) is -1.73. The van der Waals surface area contributed by atoms with E-state index < -0.39 is 29.8 Å². The van der Waals surface area contributed by atoms with E-state index in [-0.39, 0.29) is 36.4 Å². The molecule has 3 rings (SSSR count). The third-order valence-electron chi connectivity index (χ3n) is 6.13. The van der Waals surface area contributed by atoms with Gasteiger partial charge in [-0.25, -0.2) is 13.6 Å². The fourth-order valence-electron chi connectivity index (χ4n) is 4.13. The van der Waals surface area contributed by atoms with Crippen LogP contribution in [0.3, 0.4) is 0 Å². The predicted octanol–water partition coefficient (Wildman–Crippen LogP) is 0.702. The van der Waals surface area contributed by atoms with Gasteiger partial charge in [0.05, 0.1) is 12.8 Å². The lowest BCUT2D eigenvalue weighted by molar-refractivity contribution is -0.175. The summed E-state index contributed by atoms with van der Waals surface area (Å²) in [5.74, 6) is -4.56. The zero-order valence-corrected chi connectivity index (χ0v) is 19.0. The fraction of sp³-hybridized carbons (Fsp3) is 0.591. The lowest BCUT2D eigenvalue weighted by Crippen LogP contribution is -3.00. The standard InChI is InChI=1S/C22H30F2N2O3.BrH/c1-17-25(2)13-14-26(17)12-6-7-15-29-20(27)22(28,18-8-4-3-5-9-18)19-10-11-21(23,24)16-19;/h3-5,8-9,13-14,17,19,28H,6-7,10-12,15-16H2,1-2H3;1H/p-1/t17?,19-,22+;/m1./s1. The van der Waals surface area contributed by atoms with Crippen LogP contribution in [0, 0.1) is 5.92 Å². The van der Waals surface area contributed by atoms with Crippen LogP contribution >= 0.6 is 0 Å². The van der Waals surface area contributed by atoms with Gasteiger partial charge in [-0.15, -0.1) is 0 Å². The molecule has 0 amide bonds. The van der Waals surface area contributed by atoms with Crippen molar-refractivity contribution in [1.82, 2.24) is 9.80 Å². The highest BCUT2D eigenvalue weighted by Crippen LogP contribution is 2.47. The Morgan fingerprint density at radius 3 is 2.53 bits per heavy atom. The molecule has 0 bridgehead atoms. The van der Waals surface area contributed by atoms with Crippen LogP contribution in [0.15, 0.2) is 42.7 Å². The molecule has 8 heteroatoms. The van der Waals surface area contributed by atoms with Crippen LogP contribution in [0.5, 0.6) is 0 Å². The van der Waals surface area contributed by atoms with E-state index in [1.807, 2.05) is 19.4 Å². The number of carbonyl (C=O) groups excluding carboxylic acids is 1. The summed E-state index contributed by atoms with van der Waals surface area (Å²) in [6, 6.07) is 8.30. The highest BCUT2D eigenvalue weighted by atomic mass is 79.9. The summed E-state index contributed by atoms with van der Waals surface area (Å²) in [6.07, 6.45) is 5.05. The van der Waals surface area contributed by atoms with E-state index in [4.69, 9.17) is 4.74 Å². The van der Waals surface area contributed by atoms with Crippen LogP contribution in [0.25, 0.3) is 0 Å². The van der Waals surface area contributed by atoms with Crippen LogP contribution in [0.1, 0.15) is 44.6 Å². The van der Waals surface area contributed by atoms with Crippen molar-refractivity contribution in [2.24, 2.45) is 5.92 Å².